The molecule has 0 aromatic heterocycles. The van der Waals surface area contributed by atoms with Gasteiger partial charge in [-0.25, -0.2) is 8.78 Å². The first-order chi connectivity index (χ1) is 3.95. The topological polar surface area (TPSA) is 12.0 Å². The zero-order valence-electron chi connectivity index (χ0n) is 6.04. The fourth-order valence-electron chi connectivity index (χ4n) is 0.640. The Hall–Kier alpha value is -0.180. The van der Waals surface area contributed by atoms with Crippen LogP contribution < -0.4 is 5.32 Å². The number of rotatable bonds is 3. The summed E-state index contributed by atoms with van der Waals surface area (Å²) >= 11 is 0. The van der Waals surface area contributed by atoms with Gasteiger partial charge in [0.25, 0.3) is 0 Å². The molecule has 0 aliphatic carbocycles. The van der Waals surface area contributed by atoms with Gasteiger partial charge in [0.05, 0.1) is 0 Å². The van der Waals surface area contributed by atoms with E-state index in [0.717, 1.165) is 6.92 Å². The van der Waals surface area contributed by atoms with Crippen molar-refractivity contribution in [3.63, 3.8) is 0 Å². The smallest absolute Gasteiger partial charge is 0.246 e. The number of alkyl halides is 2. The van der Waals surface area contributed by atoms with Gasteiger partial charge in [0.15, 0.2) is 0 Å². The van der Waals surface area contributed by atoms with E-state index in [4.69, 9.17) is 0 Å². The maximum absolute atomic E-state index is 12.1. The summed E-state index contributed by atoms with van der Waals surface area (Å²) in [7, 11) is 1.68. The Bertz CT molecular complexity index is 77.6. The molecule has 0 radical (unpaired) electrons. The fourth-order valence-corrected chi connectivity index (χ4v) is 0.640. The molecule has 1 atom stereocenters. The molecule has 3 heteroatoms. The summed E-state index contributed by atoms with van der Waals surface area (Å²) in [5.74, 6) is -2.54. The summed E-state index contributed by atoms with van der Waals surface area (Å²) in [4.78, 5) is 0. The van der Waals surface area contributed by atoms with E-state index in [1.807, 2.05) is 0 Å². The van der Waals surface area contributed by atoms with E-state index in [9.17, 15) is 8.78 Å². The lowest BCUT2D eigenvalue weighted by Gasteiger charge is -2.15. The predicted molar refractivity (Wildman–Crippen MR) is 33.8 cm³/mol. The van der Waals surface area contributed by atoms with Crippen LogP contribution in [-0.4, -0.2) is 19.0 Å². The Morgan fingerprint density at radius 1 is 1.56 bits per heavy atom. The largest absolute Gasteiger partial charge is 0.317 e. The van der Waals surface area contributed by atoms with Crippen molar-refractivity contribution in [1.82, 2.24) is 5.32 Å². The summed E-state index contributed by atoms with van der Waals surface area (Å²) in [5, 5.41) is 2.74. The Kier molecular flexibility index (Phi) is 3.04. The zero-order valence-corrected chi connectivity index (χ0v) is 6.04. The van der Waals surface area contributed by atoms with Crippen LogP contribution in [0, 0.1) is 0 Å². The lowest BCUT2D eigenvalue weighted by atomic mass is 10.1. The van der Waals surface area contributed by atoms with Crippen LogP contribution in [0.15, 0.2) is 0 Å². The van der Waals surface area contributed by atoms with Gasteiger partial charge in [0.1, 0.15) is 0 Å². The van der Waals surface area contributed by atoms with Gasteiger partial charge in [-0.05, 0) is 20.9 Å². The Morgan fingerprint density at radius 2 is 2.00 bits per heavy atom. The Balaban J connectivity index is 3.47. The molecule has 0 bridgehead atoms. The van der Waals surface area contributed by atoms with Crippen molar-refractivity contribution < 1.29 is 8.78 Å². The molecule has 0 fully saturated rings. The molecule has 1 unspecified atom stereocenters. The average Bonchev–Trinajstić information content (AvgIpc) is 1.62. The van der Waals surface area contributed by atoms with E-state index < -0.39 is 5.92 Å². The van der Waals surface area contributed by atoms with Gasteiger partial charge in [-0.1, -0.05) is 0 Å². The van der Waals surface area contributed by atoms with Crippen LogP contribution in [0.1, 0.15) is 20.3 Å². The molecule has 0 aliphatic rings. The third-order valence-electron chi connectivity index (χ3n) is 1.16. The minimum atomic E-state index is -2.54. The van der Waals surface area contributed by atoms with Gasteiger partial charge in [0.2, 0.25) is 5.92 Å². The molecule has 56 valence electrons. The summed E-state index contributed by atoms with van der Waals surface area (Å²) in [6.07, 6.45) is -0.0938. The Labute approximate surface area is 54.4 Å². The maximum atomic E-state index is 12.1. The number of hydrogen-bond acceptors (Lipinski definition) is 1. The summed E-state index contributed by atoms with van der Waals surface area (Å²) in [6, 6.07) is -0.106. The number of hydrogen-bond donors (Lipinski definition) is 1. The number of halogens is 2. The van der Waals surface area contributed by atoms with Crippen molar-refractivity contribution >= 4 is 0 Å². The first kappa shape index (κ1) is 8.82. The summed E-state index contributed by atoms with van der Waals surface area (Å²) in [5.41, 5.74) is 0. The van der Waals surface area contributed by atoms with E-state index >= 15 is 0 Å². The Morgan fingerprint density at radius 3 is 2.11 bits per heavy atom. The quantitative estimate of drug-likeness (QED) is 0.623. The highest BCUT2D eigenvalue weighted by Gasteiger charge is 2.23. The molecular formula is C6H13F2N. The molecule has 0 spiro atoms. The second kappa shape index (κ2) is 3.11. The van der Waals surface area contributed by atoms with E-state index in [-0.39, 0.29) is 12.5 Å². The molecule has 0 aromatic carbocycles. The first-order valence-electron chi connectivity index (χ1n) is 3.01. The first-order valence-corrected chi connectivity index (χ1v) is 3.01. The monoisotopic (exact) mass is 137 g/mol. The highest BCUT2D eigenvalue weighted by molar-refractivity contribution is 4.66. The average molecular weight is 137 g/mol. The van der Waals surface area contributed by atoms with Gasteiger partial charge >= 0.3 is 0 Å². The molecule has 1 N–H and O–H groups in total. The fraction of sp³-hybridized carbons (Fsp3) is 1.00. The molecule has 0 rings (SSSR count). The third-order valence-corrected chi connectivity index (χ3v) is 1.16. The summed E-state index contributed by atoms with van der Waals surface area (Å²) in [6.45, 7) is 2.66. The van der Waals surface area contributed by atoms with Crippen LogP contribution in [0.5, 0.6) is 0 Å². The van der Waals surface area contributed by atoms with Crippen LogP contribution in [-0.2, 0) is 0 Å². The van der Waals surface area contributed by atoms with Crippen molar-refractivity contribution in [2.45, 2.75) is 32.2 Å². The molecule has 1 nitrogen and oxygen atoms in total. The number of nitrogens with one attached hydrogen (secondary N) is 1. The zero-order chi connectivity index (χ0) is 7.49. The lowest BCUT2D eigenvalue weighted by Crippen LogP contribution is -2.28. The van der Waals surface area contributed by atoms with E-state index in [0.29, 0.717) is 0 Å². The van der Waals surface area contributed by atoms with E-state index in [2.05, 4.69) is 5.32 Å². The molecule has 0 aliphatic heterocycles. The molecule has 9 heavy (non-hydrogen) atoms. The van der Waals surface area contributed by atoms with Crippen LogP contribution in [0.3, 0.4) is 0 Å². The highest BCUT2D eigenvalue weighted by Crippen LogP contribution is 2.18. The van der Waals surface area contributed by atoms with Gasteiger partial charge in [-0.2, -0.15) is 0 Å². The van der Waals surface area contributed by atoms with Crippen molar-refractivity contribution in [3.8, 4) is 0 Å². The van der Waals surface area contributed by atoms with Crippen LogP contribution in [0.25, 0.3) is 0 Å². The van der Waals surface area contributed by atoms with Crippen LogP contribution >= 0.6 is 0 Å². The molecule has 0 saturated heterocycles. The predicted octanol–water partition coefficient (Wildman–Crippen LogP) is 1.64. The lowest BCUT2D eigenvalue weighted by molar-refractivity contribution is 0.00523. The highest BCUT2D eigenvalue weighted by atomic mass is 19.3. The minimum Gasteiger partial charge on any atom is -0.317 e. The summed E-state index contributed by atoms with van der Waals surface area (Å²) < 4.78 is 24.2. The minimum absolute atomic E-state index is 0.0938. The molecule has 0 saturated carbocycles. The molecule has 0 heterocycles. The second-order valence-corrected chi connectivity index (χ2v) is 2.46. The van der Waals surface area contributed by atoms with Gasteiger partial charge in [0, 0.05) is 12.5 Å². The molecule has 0 aromatic rings. The van der Waals surface area contributed by atoms with Crippen molar-refractivity contribution in [3.05, 3.63) is 0 Å². The van der Waals surface area contributed by atoms with Gasteiger partial charge < -0.3 is 5.32 Å². The third kappa shape index (κ3) is 5.69. The van der Waals surface area contributed by atoms with Crippen LogP contribution in [0.4, 0.5) is 8.78 Å². The van der Waals surface area contributed by atoms with Crippen molar-refractivity contribution in [2.24, 2.45) is 0 Å². The van der Waals surface area contributed by atoms with Gasteiger partial charge in [-0.15, -0.1) is 0 Å². The van der Waals surface area contributed by atoms with Crippen LogP contribution in [0.2, 0.25) is 0 Å². The van der Waals surface area contributed by atoms with Crippen molar-refractivity contribution in [1.29, 1.82) is 0 Å². The standard InChI is InChI=1S/C6H13F2N/c1-5(9-3)4-6(2,7)8/h5,9H,4H2,1-3H3. The maximum Gasteiger partial charge on any atom is 0.246 e. The van der Waals surface area contributed by atoms with Crippen molar-refractivity contribution in [2.75, 3.05) is 7.05 Å². The molecule has 0 amide bonds. The van der Waals surface area contributed by atoms with Gasteiger partial charge in [-0.3, -0.25) is 0 Å². The van der Waals surface area contributed by atoms with E-state index in [1.165, 1.54) is 0 Å². The van der Waals surface area contributed by atoms with E-state index in [1.54, 1.807) is 14.0 Å². The molecular weight excluding hydrogens is 124 g/mol. The SMILES string of the molecule is CNC(C)CC(C)(F)F. The second-order valence-electron chi connectivity index (χ2n) is 2.46. The normalized spacial score (nSPS) is 15.7.